The van der Waals surface area contributed by atoms with E-state index in [-0.39, 0.29) is 24.1 Å². The summed E-state index contributed by atoms with van der Waals surface area (Å²) < 4.78 is 7.05. The highest BCUT2D eigenvalue weighted by Gasteiger charge is 2.20. The van der Waals surface area contributed by atoms with Crippen LogP contribution < -0.4 is 5.32 Å². The van der Waals surface area contributed by atoms with Crippen molar-refractivity contribution in [3.05, 3.63) is 59.7 Å². The molecule has 0 aliphatic rings. The van der Waals surface area contributed by atoms with Crippen molar-refractivity contribution in [1.29, 1.82) is 0 Å². The molecule has 0 fully saturated rings. The molecule has 1 N–H and O–H groups in total. The number of nitrogens with one attached hydrogen (secondary N) is 1. The van der Waals surface area contributed by atoms with Crippen LogP contribution in [0.15, 0.2) is 53.7 Å². The van der Waals surface area contributed by atoms with E-state index >= 15 is 0 Å². The maximum Gasteiger partial charge on any atom is 0.308 e. The van der Waals surface area contributed by atoms with E-state index in [1.807, 2.05) is 67.1 Å². The second-order valence-corrected chi connectivity index (χ2v) is 8.61. The van der Waals surface area contributed by atoms with Gasteiger partial charge in [-0.1, -0.05) is 59.8 Å². The van der Waals surface area contributed by atoms with E-state index in [0.29, 0.717) is 17.4 Å². The summed E-state index contributed by atoms with van der Waals surface area (Å²) in [6.07, 6.45) is 0.0628. The molecule has 0 bridgehead atoms. The Morgan fingerprint density at radius 2 is 1.88 bits per heavy atom. The normalized spacial score (nSPS) is 12.1. The summed E-state index contributed by atoms with van der Waals surface area (Å²) in [5.41, 5.74) is 4.42. The first kappa shape index (κ1) is 22.7. The van der Waals surface area contributed by atoms with E-state index in [9.17, 15) is 9.59 Å². The zero-order valence-electron chi connectivity index (χ0n) is 18.7. The quantitative estimate of drug-likeness (QED) is 0.314. The molecular formula is C24H25N5O3S. The predicted molar refractivity (Wildman–Crippen MR) is 128 cm³/mol. The molecular weight excluding hydrogens is 438 g/mol. The van der Waals surface area contributed by atoms with Gasteiger partial charge in [-0.2, -0.15) is 0 Å². The highest BCUT2D eigenvalue weighted by atomic mass is 32.2. The lowest BCUT2D eigenvalue weighted by atomic mass is 10.0. The van der Waals surface area contributed by atoms with Gasteiger partial charge < -0.3 is 14.6 Å². The number of aromatic nitrogens is 4. The van der Waals surface area contributed by atoms with Crippen LogP contribution >= 0.6 is 11.8 Å². The van der Waals surface area contributed by atoms with Gasteiger partial charge in [0.15, 0.2) is 5.65 Å². The number of aryl methyl sites for hydroxylation is 2. The largest absolute Gasteiger partial charge is 0.466 e. The van der Waals surface area contributed by atoms with Crippen LogP contribution in [0.4, 0.5) is 0 Å². The van der Waals surface area contributed by atoms with Crippen molar-refractivity contribution in [2.45, 2.75) is 31.5 Å². The van der Waals surface area contributed by atoms with Crippen LogP contribution in [0.5, 0.6) is 0 Å². The summed E-state index contributed by atoms with van der Waals surface area (Å²) in [5, 5.41) is 12.9. The Kier molecular flexibility index (Phi) is 6.88. The molecule has 4 aromatic rings. The third-order valence-corrected chi connectivity index (χ3v) is 6.15. The first-order chi connectivity index (χ1) is 16.0. The molecule has 8 nitrogen and oxygen atoms in total. The minimum absolute atomic E-state index is 0.0628. The fraction of sp³-hybridized carbons (Fsp3) is 0.292. The second kappa shape index (κ2) is 9.99. The van der Waals surface area contributed by atoms with Crippen molar-refractivity contribution < 1.29 is 14.3 Å². The fourth-order valence-electron chi connectivity index (χ4n) is 3.66. The highest BCUT2D eigenvalue weighted by molar-refractivity contribution is 7.99. The average Bonchev–Trinajstić information content (AvgIpc) is 3.10. The number of carbonyl (C=O) groups excluding carboxylic acids is 2. The highest BCUT2D eigenvalue weighted by Crippen LogP contribution is 2.26. The van der Waals surface area contributed by atoms with Gasteiger partial charge in [0.05, 0.1) is 30.3 Å². The number of esters is 1. The maximum atomic E-state index is 12.7. The van der Waals surface area contributed by atoms with E-state index in [1.165, 1.54) is 11.8 Å². The van der Waals surface area contributed by atoms with E-state index in [2.05, 4.69) is 20.5 Å². The molecule has 1 amide bonds. The van der Waals surface area contributed by atoms with E-state index < -0.39 is 6.04 Å². The molecule has 0 saturated heterocycles. The Morgan fingerprint density at radius 1 is 1.12 bits per heavy atom. The lowest BCUT2D eigenvalue weighted by Gasteiger charge is -2.18. The van der Waals surface area contributed by atoms with Crippen LogP contribution in [0.2, 0.25) is 0 Å². The number of hydrogen-bond donors (Lipinski definition) is 1. The van der Waals surface area contributed by atoms with Crippen LogP contribution in [-0.4, -0.2) is 44.0 Å². The van der Waals surface area contributed by atoms with Gasteiger partial charge in [0.25, 0.3) is 0 Å². The van der Waals surface area contributed by atoms with Crippen molar-refractivity contribution in [2.24, 2.45) is 7.05 Å². The number of para-hydroxylation sites is 1. The van der Waals surface area contributed by atoms with Crippen molar-refractivity contribution >= 4 is 45.7 Å². The van der Waals surface area contributed by atoms with E-state index in [0.717, 1.165) is 27.5 Å². The molecule has 9 heteroatoms. The molecule has 2 aromatic heterocycles. The fourth-order valence-corrected chi connectivity index (χ4v) is 4.25. The van der Waals surface area contributed by atoms with Gasteiger partial charge in [0.1, 0.15) is 5.52 Å². The molecule has 0 unspecified atom stereocenters. The number of amides is 1. The Bertz CT molecular complexity index is 1300. The van der Waals surface area contributed by atoms with Gasteiger partial charge in [-0.15, -0.1) is 10.2 Å². The van der Waals surface area contributed by atoms with Crippen molar-refractivity contribution in [3.8, 4) is 0 Å². The summed E-state index contributed by atoms with van der Waals surface area (Å²) in [7, 11) is 1.93. The number of ether oxygens (including phenoxy) is 1. The lowest BCUT2D eigenvalue weighted by Crippen LogP contribution is -2.32. The molecule has 0 aliphatic carbocycles. The van der Waals surface area contributed by atoms with Crippen LogP contribution in [0, 0.1) is 6.92 Å². The number of benzene rings is 2. The van der Waals surface area contributed by atoms with Gasteiger partial charge >= 0.3 is 5.97 Å². The monoisotopic (exact) mass is 463 g/mol. The van der Waals surface area contributed by atoms with Crippen LogP contribution in [-0.2, 0) is 21.4 Å². The molecule has 0 saturated carbocycles. The smallest absolute Gasteiger partial charge is 0.308 e. The third kappa shape index (κ3) is 5.14. The van der Waals surface area contributed by atoms with Gasteiger partial charge in [-0.05, 0) is 25.5 Å². The molecule has 0 spiro atoms. The Balaban J connectivity index is 1.46. The SMILES string of the molecule is CCOC(=O)C[C@H](NC(=O)CSc1nnc2c3ccccc3n(C)c2n1)c1ccc(C)cc1. The zero-order valence-corrected chi connectivity index (χ0v) is 19.6. The first-order valence-corrected chi connectivity index (χ1v) is 11.7. The molecule has 4 rings (SSSR count). The Morgan fingerprint density at radius 3 is 2.64 bits per heavy atom. The molecule has 2 heterocycles. The van der Waals surface area contributed by atoms with Crippen LogP contribution in [0.3, 0.4) is 0 Å². The van der Waals surface area contributed by atoms with Crippen LogP contribution in [0.1, 0.15) is 30.5 Å². The topological polar surface area (TPSA) is 99.0 Å². The second-order valence-electron chi connectivity index (χ2n) is 7.67. The minimum Gasteiger partial charge on any atom is -0.466 e. The predicted octanol–water partition coefficient (Wildman–Crippen LogP) is 3.73. The lowest BCUT2D eigenvalue weighted by molar-refractivity contribution is -0.143. The van der Waals surface area contributed by atoms with Crippen molar-refractivity contribution in [3.63, 3.8) is 0 Å². The summed E-state index contributed by atoms with van der Waals surface area (Å²) in [6, 6.07) is 15.2. The molecule has 0 aliphatic heterocycles. The Labute approximate surface area is 195 Å². The molecule has 170 valence electrons. The van der Waals surface area contributed by atoms with Crippen LogP contribution in [0.25, 0.3) is 22.1 Å². The summed E-state index contributed by atoms with van der Waals surface area (Å²) in [4.78, 5) is 29.4. The molecule has 0 radical (unpaired) electrons. The number of hydrogen-bond acceptors (Lipinski definition) is 7. The zero-order chi connectivity index (χ0) is 23.4. The molecule has 1 atom stereocenters. The summed E-state index contributed by atoms with van der Waals surface area (Å²) in [5.74, 6) is -0.483. The number of fused-ring (bicyclic) bond motifs is 3. The first-order valence-electron chi connectivity index (χ1n) is 10.7. The van der Waals surface area contributed by atoms with Gasteiger partial charge in [-0.3, -0.25) is 9.59 Å². The van der Waals surface area contributed by atoms with E-state index in [1.54, 1.807) is 6.92 Å². The third-order valence-electron chi connectivity index (χ3n) is 5.31. The number of nitrogens with zero attached hydrogens (tertiary/aromatic N) is 4. The van der Waals surface area contributed by atoms with Gasteiger partial charge in [0, 0.05) is 12.4 Å². The standard InChI is InChI=1S/C24H25N5O3S/c1-4-32-21(31)13-18(16-11-9-15(2)10-12-16)25-20(30)14-33-24-26-23-22(27-28-24)17-7-5-6-8-19(17)29(23)3/h5-12,18H,4,13-14H2,1-3H3,(H,25,30)/t18-/m0/s1. The summed E-state index contributed by atoms with van der Waals surface area (Å²) in [6.45, 7) is 4.04. The van der Waals surface area contributed by atoms with Gasteiger partial charge in [-0.25, -0.2) is 4.98 Å². The van der Waals surface area contributed by atoms with Crippen molar-refractivity contribution in [2.75, 3.05) is 12.4 Å². The number of thioether (sulfide) groups is 1. The average molecular weight is 464 g/mol. The van der Waals surface area contributed by atoms with E-state index in [4.69, 9.17) is 4.74 Å². The minimum atomic E-state index is -0.475. The number of rotatable bonds is 8. The maximum absolute atomic E-state index is 12.7. The summed E-state index contributed by atoms with van der Waals surface area (Å²) >= 11 is 1.20. The molecule has 33 heavy (non-hydrogen) atoms. The number of carbonyl (C=O) groups is 2. The van der Waals surface area contributed by atoms with Gasteiger partial charge in [0.2, 0.25) is 11.1 Å². The van der Waals surface area contributed by atoms with Crippen molar-refractivity contribution in [1.82, 2.24) is 25.1 Å². The Hall–Kier alpha value is -3.46. The molecule has 2 aromatic carbocycles.